The average molecular weight is 1050 g/mol. The first-order valence-electron chi connectivity index (χ1n) is 28.1. The molecule has 0 fully saturated rings. The summed E-state index contributed by atoms with van der Waals surface area (Å²) in [5.41, 5.74) is 18.6. The van der Waals surface area contributed by atoms with E-state index in [9.17, 15) is 0 Å². The monoisotopic (exact) mass is 1050 g/mol. The van der Waals surface area contributed by atoms with Crippen LogP contribution in [0, 0.1) is 20.8 Å². The van der Waals surface area contributed by atoms with Crippen molar-refractivity contribution in [1.29, 1.82) is 0 Å². The van der Waals surface area contributed by atoms with Gasteiger partial charge in [-0.15, -0.1) is 0 Å². The lowest BCUT2D eigenvalue weighted by Gasteiger charge is -2.21. The van der Waals surface area contributed by atoms with Gasteiger partial charge >= 0.3 is 6.71 Å². The molecule has 17 rings (SSSR count). The first-order chi connectivity index (χ1) is 40.4. The highest BCUT2D eigenvalue weighted by Gasteiger charge is 2.35. The Hall–Kier alpha value is -10.6. The van der Waals surface area contributed by atoms with Gasteiger partial charge in [0.1, 0.15) is 23.1 Å². The highest BCUT2D eigenvalue weighted by molar-refractivity contribution is 6.94. The summed E-state index contributed by atoms with van der Waals surface area (Å²) in [5, 5.41) is 11.2. The number of hydrogen-bond donors (Lipinski definition) is 0. The molecule has 9 heteroatoms. The second kappa shape index (κ2) is 17.7. The summed E-state index contributed by atoms with van der Waals surface area (Å²) in [7, 11) is 0. The van der Waals surface area contributed by atoms with E-state index in [1.807, 2.05) is 0 Å². The molecule has 0 bridgehead atoms. The molecule has 0 saturated carbocycles. The molecule has 0 saturated heterocycles. The van der Waals surface area contributed by atoms with E-state index in [-0.39, 0.29) is 0 Å². The normalized spacial score (nSPS) is 12.1. The number of rotatable bonds is 7. The SMILES string of the molecule is Cc1cc(C)c(B(c2nc(-n3c4ccccc4c4cc5c(cc43)c3ccccc3n5-c3ccccc3)c3ccccc3n2)c2nc(-n3c4ccccc4c4cc5c(cc43)c3ccccc3n5-c3ccccc3)c3ccccc3n2)c(C)c1. The Kier molecular flexibility index (Phi) is 9.98. The summed E-state index contributed by atoms with van der Waals surface area (Å²) < 4.78 is 9.54. The molecule has 6 aromatic heterocycles. The smallest absolute Gasteiger partial charge is 0.309 e. The number of hydrogen-bond acceptors (Lipinski definition) is 4. The number of fused-ring (bicyclic) bond motifs is 14. The minimum atomic E-state index is -0.584. The summed E-state index contributed by atoms with van der Waals surface area (Å²) >= 11 is 0. The van der Waals surface area contributed by atoms with Crippen molar-refractivity contribution in [3.63, 3.8) is 0 Å². The first-order valence-corrected chi connectivity index (χ1v) is 28.1. The van der Waals surface area contributed by atoms with Gasteiger partial charge in [-0.1, -0.05) is 168 Å². The average Bonchev–Trinajstić information content (AvgIpc) is 4.19. The van der Waals surface area contributed by atoms with Crippen LogP contribution in [-0.4, -0.2) is 44.9 Å². The van der Waals surface area contributed by atoms with Gasteiger partial charge in [0.25, 0.3) is 0 Å². The Morgan fingerprint density at radius 3 is 0.951 bits per heavy atom. The van der Waals surface area contributed by atoms with Gasteiger partial charge < -0.3 is 9.13 Å². The molecule has 0 atom stereocenters. The zero-order valence-corrected chi connectivity index (χ0v) is 45.2. The van der Waals surface area contributed by atoms with E-state index >= 15 is 0 Å². The maximum absolute atomic E-state index is 5.92. The van der Waals surface area contributed by atoms with Crippen LogP contribution in [0.3, 0.4) is 0 Å². The van der Waals surface area contributed by atoms with Gasteiger partial charge in [-0.05, 0) is 118 Å². The Labute approximate surface area is 471 Å². The number of nitrogens with zero attached hydrogens (tertiary/aromatic N) is 8. The van der Waals surface area contributed by atoms with Gasteiger partial charge in [0.15, 0.2) is 0 Å². The van der Waals surface area contributed by atoms with E-state index in [4.69, 9.17) is 19.9 Å². The fourth-order valence-corrected chi connectivity index (χ4v) is 13.8. The van der Waals surface area contributed by atoms with Crippen LogP contribution in [0.25, 0.3) is 132 Å². The molecule has 17 aromatic rings. The minimum Gasteiger partial charge on any atom is -0.309 e. The topological polar surface area (TPSA) is 71.3 Å². The fraction of sp³-hybridized carbons (Fsp3) is 0.0411. The van der Waals surface area contributed by atoms with Gasteiger partial charge in [0, 0.05) is 65.2 Å². The van der Waals surface area contributed by atoms with Crippen LogP contribution in [0.5, 0.6) is 0 Å². The van der Waals surface area contributed by atoms with Crippen molar-refractivity contribution in [2.75, 3.05) is 0 Å². The summed E-state index contributed by atoms with van der Waals surface area (Å²) in [5.74, 6) is 1.60. The van der Waals surface area contributed by atoms with E-state index in [0.717, 1.165) is 127 Å². The number of para-hydroxylation sites is 8. The maximum Gasteiger partial charge on any atom is 0.337 e. The molecule has 8 nitrogen and oxygen atoms in total. The van der Waals surface area contributed by atoms with Crippen molar-refractivity contribution in [2.24, 2.45) is 0 Å². The van der Waals surface area contributed by atoms with Crippen LogP contribution in [-0.2, 0) is 0 Å². The summed E-state index contributed by atoms with van der Waals surface area (Å²) in [6.45, 7) is 6.00. The number of aromatic nitrogens is 8. The lowest BCUT2D eigenvalue weighted by atomic mass is 9.41. The van der Waals surface area contributed by atoms with Gasteiger partial charge in [-0.3, -0.25) is 9.13 Å². The van der Waals surface area contributed by atoms with Gasteiger partial charge in [0.2, 0.25) is 0 Å². The zero-order valence-electron chi connectivity index (χ0n) is 45.2. The fourth-order valence-electron chi connectivity index (χ4n) is 13.8. The van der Waals surface area contributed by atoms with Crippen LogP contribution in [0.2, 0.25) is 0 Å². The van der Waals surface area contributed by atoms with Crippen LogP contribution in [0.1, 0.15) is 16.7 Å². The van der Waals surface area contributed by atoms with E-state index < -0.39 is 6.71 Å². The highest BCUT2D eigenvalue weighted by atomic mass is 15.1. The molecule has 11 aromatic carbocycles. The second-order valence-electron chi connectivity index (χ2n) is 21.9. The predicted octanol–water partition coefficient (Wildman–Crippen LogP) is 15.4. The summed E-state index contributed by atoms with van der Waals surface area (Å²) in [6.07, 6.45) is 0. The van der Waals surface area contributed by atoms with Gasteiger partial charge in [-0.25, -0.2) is 19.9 Å². The van der Waals surface area contributed by atoms with Crippen molar-refractivity contribution < 1.29 is 0 Å². The largest absolute Gasteiger partial charge is 0.337 e. The Bertz CT molecular complexity index is 5180. The molecule has 6 heterocycles. The highest BCUT2D eigenvalue weighted by Crippen LogP contribution is 2.42. The molecule has 0 N–H and O–H groups in total. The summed E-state index contributed by atoms with van der Waals surface area (Å²) in [4.78, 5) is 23.1. The first kappa shape index (κ1) is 46.3. The van der Waals surface area contributed by atoms with Crippen molar-refractivity contribution in [3.8, 4) is 23.0 Å². The van der Waals surface area contributed by atoms with Crippen LogP contribution < -0.4 is 16.9 Å². The molecule has 0 amide bonds. The predicted molar refractivity (Wildman–Crippen MR) is 342 cm³/mol. The molecule has 0 unspecified atom stereocenters. The molecule has 0 aliphatic rings. The van der Waals surface area contributed by atoms with Crippen molar-refractivity contribution >= 4 is 133 Å². The molecule has 0 aliphatic heterocycles. The lowest BCUT2D eigenvalue weighted by molar-refractivity contribution is 1.08. The summed E-state index contributed by atoms with van der Waals surface area (Å²) in [6, 6.07) is 87.3. The lowest BCUT2D eigenvalue weighted by Crippen LogP contribution is -2.59. The Morgan fingerprint density at radius 2 is 0.573 bits per heavy atom. The van der Waals surface area contributed by atoms with Crippen LogP contribution in [0.4, 0.5) is 0 Å². The van der Waals surface area contributed by atoms with E-state index in [1.54, 1.807) is 0 Å². The second-order valence-corrected chi connectivity index (χ2v) is 21.9. The molecule has 384 valence electrons. The van der Waals surface area contributed by atoms with Crippen molar-refractivity contribution in [3.05, 3.63) is 259 Å². The van der Waals surface area contributed by atoms with E-state index in [1.165, 1.54) is 27.1 Å². The minimum absolute atomic E-state index is 0.584. The third kappa shape index (κ3) is 6.74. The Balaban J connectivity index is 0.953. The number of benzene rings is 11. The standard InChI is InChI=1S/C73H49BN8/c1-44-38-45(2)69(46(3)39-44)74(72-75-59-32-16-10-30-53(59)70(77-72)81-63-36-20-14-28-51(63)57-40-65-55(42-67(57)81)49-26-12-18-34-61(49)79(65)47-22-6-4-7-23-47)73-76-60-33-17-11-31-54(60)71(78-73)82-64-37-21-15-29-52(64)58-41-66-56(43-68(58)82)50-27-13-19-35-62(50)80(66)48-24-8-5-9-25-48/h4-43H,1-3H3. The molecular weight excluding hydrogens is 1000 g/mol. The molecule has 82 heavy (non-hydrogen) atoms. The van der Waals surface area contributed by atoms with Crippen LogP contribution in [0.15, 0.2) is 243 Å². The maximum atomic E-state index is 5.92. The van der Waals surface area contributed by atoms with Crippen molar-refractivity contribution in [2.45, 2.75) is 20.8 Å². The molecular formula is C73H49BN8. The van der Waals surface area contributed by atoms with E-state index in [2.05, 4.69) is 282 Å². The molecule has 0 radical (unpaired) electrons. The Morgan fingerprint density at radius 1 is 0.268 bits per heavy atom. The molecule has 0 aliphatic carbocycles. The number of aryl methyl sites for hydroxylation is 3. The van der Waals surface area contributed by atoms with Gasteiger partial charge in [0.05, 0.1) is 55.2 Å². The van der Waals surface area contributed by atoms with Crippen LogP contribution >= 0.6 is 0 Å². The van der Waals surface area contributed by atoms with Gasteiger partial charge in [-0.2, -0.15) is 0 Å². The third-order valence-corrected chi connectivity index (χ3v) is 17.1. The van der Waals surface area contributed by atoms with E-state index in [0.29, 0.717) is 11.4 Å². The zero-order chi connectivity index (χ0) is 54.3. The quantitative estimate of drug-likeness (QED) is 0.149. The van der Waals surface area contributed by atoms with Crippen molar-refractivity contribution in [1.82, 2.24) is 38.2 Å². The third-order valence-electron chi connectivity index (χ3n) is 17.1. The molecule has 0 spiro atoms.